The van der Waals surface area contributed by atoms with Gasteiger partial charge in [0.1, 0.15) is 0 Å². The second-order valence-corrected chi connectivity index (χ2v) is 5.60. The summed E-state index contributed by atoms with van der Waals surface area (Å²) < 4.78 is 0. The van der Waals surface area contributed by atoms with Crippen LogP contribution in [0.3, 0.4) is 0 Å². The van der Waals surface area contributed by atoms with Crippen LogP contribution in [0.5, 0.6) is 0 Å². The summed E-state index contributed by atoms with van der Waals surface area (Å²) in [6.45, 7) is 2.25. The lowest BCUT2D eigenvalue weighted by Gasteiger charge is -2.11. The number of rotatable bonds is 7. The monoisotopic (exact) mass is 270 g/mol. The van der Waals surface area contributed by atoms with Crippen molar-refractivity contribution in [2.24, 2.45) is 0 Å². The van der Waals surface area contributed by atoms with Crippen LogP contribution in [0.1, 0.15) is 51.0 Å². The fourth-order valence-corrected chi connectivity index (χ4v) is 2.79. The Labute approximate surface area is 122 Å². The van der Waals surface area contributed by atoms with E-state index in [1.54, 1.807) is 0 Å². The van der Waals surface area contributed by atoms with Crippen LogP contribution < -0.4 is 11.5 Å². The maximum absolute atomic E-state index is 6.29. The third-order valence-electron chi connectivity index (χ3n) is 4.00. The molecule has 0 aliphatic rings. The molecule has 20 heavy (non-hydrogen) atoms. The predicted octanol–water partition coefficient (Wildman–Crippen LogP) is 4.91. The highest BCUT2D eigenvalue weighted by molar-refractivity contribution is 6.01. The van der Waals surface area contributed by atoms with Crippen molar-refractivity contribution in [3.63, 3.8) is 0 Å². The summed E-state index contributed by atoms with van der Waals surface area (Å²) in [5.41, 5.74) is 15.4. The minimum atomic E-state index is 0.843. The van der Waals surface area contributed by atoms with Gasteiger partial charge in [-0.1, -0.05) is 63.3 Å². The fourth-order valence-electron chi connectivity index (χ4n) is 2.79. The Bertz CT molecular complexity index is 561. The van der Waals surface area contributed by atoms with E-state index in [-0.39, 0.29) is 0 Å². The SMILES string of the molecule is CCCCCCCCc1cc(N)c2ccccc2c1N. The molecule has 0 heterocycles. The van der Waals surface area contributed by atoms with Gasteiger partial charge in [-0.05, 0) is 24.5 Å². The van der Waals surface area contributed by atoms with Gasteiger partial charge in [-0.15, -0.1) is 0 Å². The molecular weight excluding hydrogens is 244 g/mol. The summed E-state index contributed by atoms with van der Waals surface area (Å²) in [6, 6.07) is 10.2. The Morgan fingerprint density at radius 1 is 0.850 bits per heavy atom. The molecule has 0 aliphatic heterocycles. The molecule has 2 nitrogen and oxygen atoms in total. The highest BCUT2D eigenvalue weighted by atomic mass is 14.6. The minimum Gasteiger partial charge on any atom is -0.398 e. The first-order valence-corrected chi connectivity index (χ1v) is 7.79. The second-order valence-electron chi connectivity index (χ2n) is 5.60. The van der Waals surface area contributed by atoms with Gasteiger partial charge in [0.15, 0.2) is 0 Å². The van der Waals surface area contributed by atoms with Crippen molar-refractivity contribution in [3.8, 4) is 0 Å². The molecule has 0 radical (unpaired) electrons. The Kier molecular flexibility index (Phi) is 5.28. The van der Waals surface area contributed by atoms with Crippen molar-refractivity contribution in [2.75, 3.05) is 11.5 Å². The average Bonchev–Trinajstić information content (AvgIpc) is 2.47. The number of aryl methyl sites for hydroxylation is 1. The van der Waals surface area contributed by atoms with Crippen LogP contribution in [0.15, 0.2) is 30.3 Å². The van der Waals surface area contributed by atoms with Crippen LogP contribution >= 0.6 is 0 Å². The van der Waals surface area contributed by atoms with Gasteiger partial charge in [-0.25, -0.2) is 0 Å². The van der Waals surface area contributed by atoms with E-state index in [0.29, 0.717) is 0 Å². The zero-order chi connectivity index (χ0) is 14.4. The van der Waals surface area contributed by atoms with Crippen molar-refractivity contribution in [2.45, 2.75) is 51.9 Å². The zero-order valence-corrected chi connectivity index (χ0v) is 12.5. The van der Waals surface area contributed by atoms with E-state index in [0.717, 1.165) is 28.6 Å². The summed E-state index contributed by atoms with van der Waals surface area (Å²) in [4.78, 5) is 0. The predicted molar refractivity (Wildman–Crippen MR) is 89.9 cm³/mol. The Morgan fingerprint density at radius 3 is 2.25 bits per heavy atom. The lowest BCUT2D eigenvalue weighted by molar-refractivity contribution is 0.608. The number of hydrogen-bond donors (Lipinski definition) is 2. The maximum Gasteiger partial charge on any atom is 0.0427 e. The molecule has 0 saturated heterocycles. The molecule has 2 aromatic carbocycles. The van der Waals surface area contributed by atoms with E-state index in [9.17, 15) is 0 Å². The molecule has 0 bridgehead atoms. The molecule has 108 valence electrons. The molecule has 2 rings (SSSR count). The normalized spacial score (nSPS) is 11.1. The van der Waals surface area contributed by atoms with E-state index in [1.807, 2.05) is 18.2 Å². The Balaban J connectivity index is 2.02. The first-order chi connectivity index (χ1) is 9.74. The smallest absolute Gasteiger partial charge is 0.0427 e. The minimum absolute atomic E-state index is 0.843. The van der Waals surface area contributed by atoms with E-state index in [1.165, 1.54) is 44.1 Å². The van der Waals surface area contributed by atoms with Crippen LogP contribution in [0.4, 0.5) is 11.4 Å². The van der Waals surface area contributed by atoms with Crippen LogP contribution in [0.25, 0.3) is 10.8 Å². The van der Waals surface area contributed by atoms with E-state index >= 15 is 0 Å². The quantitative estimate of drug-likeness (QED) is 0.555. The summed E-state index contributed by atoms with van der Waals surface area (Å²) in [6.07, 6.45) is 8.85. The second kappa shape index (κ2) is 7.18. The molecule has 0 aliphatic carbocycles. The van der Waals surface area contributed by atoms with Gasteiger partial charge in [0.2, 0.25) is 0 Å². The fraction of sp³-hybridized carbons (Fsp3) is 0.444. The van der Waals surface area contributed by atoms with Crippen molar-refractivity contribution in [1.82, 2.24) is 0 Å². The molecule has 0 unspecified atom stereocenters. The van der Waals surface area contributed by atoms with Crippen molar-refractivity contribution in [1.29, 1.82) is 0 Å². The standard InChI is InChI=1S/C18H26N2/c1-2-3-4-5-6-7-10-14-13-17(19)15-11-8-9-12-16(15)18(14)20/h8-9,11-13H,2-7,10,19-20H2,1H3. The number of benzene rings is 2. The van der Waals surface area contributed by atoms with E-state index in [4.69, 9.17) is 11.5 Å². The highest BCUT2D eigenvalue weighted by Gasteiger charge is 2.07. The third kappa shape index (κ3) is 3.44. The van der Waals surface area contributed by atoms with Gasteiger partial charge in [-0.3, -0.25) is 0 Å². The van der Waals surface area contributed by atoms with Gasteiger partial charge in [-0.2, -0.15) is 0 Å². The Morgan fingerprint density at radius 2 is 1.50 bits per heavy atom. The molecule has 2 aromatic rings. The van der Waals surface area contributed by atoms with Gasteiger partial charge in [0.25, 0.3) is 0 Å². The summed E-state index contributed by atoms with van der Waals surface area (Å²) in [7, 11) is 0. The lowest BCUT2D eigenvalue weighted by atomic mass is 9.98. The van der Waals surface area contributed by atoms with Crippen LogP contribution in [0, 0.1) is 0 Å². The van der Waals surface area contributed by atoms with Crippen LogP contribution in [-0.2, 0) is 6.42 Å². The number of anilines is 2. The highest BCUT2D eigenvalue weighted by Crippen LogP contribution is 2.30. The summed E-state index contributed by atoms with van der Waals surface area (Å²) >= 11 is 0. The average molecular weight is 270 g/mol. The van der Waals surface area contributed by atoms with Crippen LogP contribution in [0.2, 0.25) is 0 Å². The summed E-state index contributed by atoms with van der Waals surface area (Å²) in [5, 5.41) is 2.16. The molecular formula is C18H26N2. The first kappa shape index (κ1) is 14.7. The number of hydrogen-bond acceptors (Lipinski definition) is 2. The number of nitrogens with two attached hydrogens (primary N) is 2. The van der Waals surface area contributed by atoms with Gasteiger partial charge in [0, 0.05) is 22.1 Å². The summed E-state index contributed by atoms with van der Waals surface area (Å²) in [5.74, 6) is 0. The van der Waals surface area contributed by atoms with Crippen molar-refractivity contribution < 1.29 is 0 Å². The molecule has 0 amide bonds. The number of unbranched alkanes of at least 4 members (excludes halogenated alkanes) is 5. The zero-order valence-electron chi connectivity index (χ0n) is 12.5. The van der Waals surface area contributed by atoms with Crippen LogP contribution in [-0.4, -0.2) is 0 Å². The molecule has 0 saturated carbocycles. The largest absolute Gasteiger partial charge is 0.398 e. The number of nitrogen functional groups attached to an aromatic ring is 2. The topological polar surface area (TPSA) is 52.0 Å². The van der Waals surface area contributed by atoms with Gasteiger partial charge < -0.3 is 11.5 Å². The maximum atomic E-state index is 6.29. The molecule has 0 aromatic heterocycles. The van der Waals surface area contributed by atoms with Crippen molar-refractivity contribution >= 4 is 22.1 Å². The van der Waals surface area contributed by atoms with E-state index < -0.39 is 0 Å². The lowest BCUT2D eigenvalue weighted by Crippen LogP contribution is -1.99. The van der Waals surface area contributed by atoms with Gasteiger partial charge in [0.05, 0.1) is 0 Å². The molecule has 0 fully saturated rings. The number of fused-ring (bicyclic) bond motifs is 1. The Hall–Kier alpha value is -1.70. The van der Waals surface area contributed by atoms with Crippen molar-refractivity contribution in [3.05, 3.63) is 35.9 Å². The van der Waals surface area contributed by atoms with E-state index in [2.05, 4.69) is 19.1 Å². The first-order valence-electron chi connectivity index (χ1n) is 7.79. The van der Waals surface area contributed by atoms with Gasteiger partial charge >= 0.3 is 0 Å². The third-order valence-corrected chi connectivity index (χ3v) is 4.00. The molecule has 2 heteroatoms. The molecule has 0 atom stereocenters. The molecule has 4 N–H and O–H groups in total. The molecule has 0 spiro atoms.